The first-order valence-corrected chi connectivity index (χ1v) is 15.4. The maximum Gasteiger partial charge on any atom is 0.242 e. The molecule has 2 aromatic rings. The Morgan fingerprint density at radius 1 is 0.974 bits per heavy atom. The number of aryl methyl sites for hydroxylation is 1. The van der Waals surface area contributed by atoms with Crippen LogP contribution in [-0.2, 0) is 22.6 Å². The van der Waals surface area contributed by atoms with Gasteiger partial charge in [0.2, 0.25) is 11.8 Å². The number of amides is 2. The number of carbonyl (C=O) groups is 2. The van der Waals surface area contributed by atoms with Crippen LogP contribution in [0.2, 0.25) is 0 Å². The van der Waals surface area contributed by atoms with E-state index in [1.54, 1.807) is 25.6 Å². The van der Waals surface area contributed by atoms with E-state index in [2.05, 4.69) is 32.9 Å². The van der Waals surface area contributed by atoms with Gasteiger partial charge in [0.1, 0.15) is 6.54 Å². The molecule has 4 aliphatic carbocycles. The summed E-state index contributed by atoms with van der Waals surface area (Å²) in [6.45, 7) is 7.48. The second kappa shape index (κ2) is 11.5. The molecule has 1 heterocycles. The fraction of sp³-hybridized carbons (Fsp3) is 0.625. The van der Waals surface area contributed by atoms with Crippen LogP contribution >= 0.6 is 11.3 Å². The van der Waals surface area contributed by atoms with Crippen LogP contribution < -0.4 is 9.47 Å². The Balaban J connectivity index is 1.32. The first-order valence-electron chi connectivity index (χ1n) is 14.5. The molecule has 0 saturated heterocycles. The highest BCUT2D eigenvalue weighted by molar-refractivity contribution is 7.11. The second-order valence-electron chi connectivity index (χ2n) is 12.5. The SMILES string of the molecule is COc1ccc(CCN(Cc2ccc(C)s2)C(=O)CN(C(=O)C23CC4CC(CC(C4)C2)C3)C(C)C)cc1OC. The van der Waals surface area contributed by atoms with Crippen LogP contribution in [-0.4, -0.2) is 55.0 Å². The molecule has 4 saturated carbocycles. The third-order valence-corrected chi connectivity index (χ3v) is 10.3. The van der Waals surface area contributed by atoms with Crippen molar-refractivity contribution in [2.24, 2.45) is 23.2 Å². The van der Waals surface area contributed by atoms with E-state index in [-0.39, 0.29) is 29.8 Å². The average Bonchev–Trinajstić information content (AvgIpc) is 3.32. The minimum Gasteiger partial charge on any atom is -0.493 e. The molecule has 4 bridgehead atoms. The average molecular weight is 553 g/mol. The molecule has 0 spiro atoms. The molecule has 4 fully saturated rings. The third-order valence-electron chi connectivity index (χ3n) is 9.30. The van der Waals surface area contributed by atoms with Gasteiger partial charge in [-0.3, -0.25) is 9.59 Å². The molecular weight excluding hydrogens is 508 g/mol. The monoisotopic (exact) mass is 552 g/mol. The van der Waals surface area contributed by atoms with Gasteiger partial charge in [0, 0.05) is 22.3 Å². The minimum absolute atomic E-state index is 0.00821. The summed E-state index contributed by atoms with van der Waals surface area (Å²) in [6, 6.07) is 10.1. The molecule has 7 heteroatoms. The van der Waals surface area contributed by atoms with E-state index in [0.717, 1.165) is 29.7 Å². The van der Waals surface area contributed by atoms with Crippen LogP contribution in [0, 0.1) is 30.1 Å². The first-order chi connectivity index (χ1) is 18.7. The van der Waals surface area contributed by atoms with Crippen LogP contribution in [0.25, 0.3) is 0 Å². The van der Waals surface area contributed by atoms with Gasteiger partial charge in [-0.2, -0.15) is 0 Å². The number of ether oxygens (including phenoxy) is 2. The summed E-state index contributed by atoms with van der Waals surface area (Å²) < 4.78 is 10.9. The smallest absolute Gasteiger partial charge is 0.242 e. The molecule has 1 aromatic carbocycles. The number of methoxy groups -OCH3 is 2. The lowest BCUT2D eigenvalue weighted by Crippen LogP contribution is -2.57. The number of hydrogen-bond donors (Lipinski definition) is 0. The second-order valence-corrected chi connectivity index (χ2v) is 13.9. The van der Waals surface area contributed by atoms with Crippen molar-refractivity contribution in [2.75, 3.05) is 27.3 Å². The normalized spacial score (nSPS) is 25.1. The number of carbonyl (C=O) groups excluding carboxylic acids is 2. The summed E-state index contributed by atoms with van der Waals surface area (Å²) in [7, 11) is 3.27. The molecule has 39 heavy (non-hydrogen) atoms. The van der Waals surface area contributed by atoms with E-state index in [0.29, 0.717) is 48.8 Å². The summed E-state index contributed by atoms with van der Waals surface area (Å²) in [5, 5.41) is 0. The molecule has 0 atom stereocenters. The maximum absolute atomic E-state index is 14.2. The van der Waals surface area contributed by atoms with Crippen molar-refractivity contribution in [3.8, 4) is 11.5 Å². The summed E-state index contributed by atoms with van der Waals surface area (Å²) in [4.78, 5) is 34.4. The zero-order valence-electron chi connectivity index (χ0n) is 24.2. The van der Waals surface area contributed by atoms with Gasteiger partial charge in [0.15, 0.2) is 11.5 Å². The standard InChI is InChI=1S/C32H44N2O4S/c1-21(2)34(31(36)32-16-24-12-25(17-32)14-26(13-24)18-32)20-30(35)33(19-27-8-6-22(3)39-27)11-10-23-7-9-28(37-4)29(15-23)38-5/h6-9,15,21,24-26H,10-14,16-20H2,1-5H3. The van der Waals surface area contributed by atoms with Gasteiger partial charge in [-0.1, -0.05) is 6.07 Å². The van der Waals surface area contributed by atoms with Gasteiger partial charge in [-0.25, -0.2) is 0 Å². The number of benzene rings is 1. The molecule has 2 amide bonds. The molecule has 212 valence electrons. The van der Waals surface area contributed by atoms with Gasteiger partial charge in [-0.05, 0) is 113 Å². The highest BCUT2D eigenvalue weighted by atomic mass is 32.1. The fourth-order valence-corrected chi connectivity index (χ4v) is 8.67. The zero-order chi connectivity index (χ0) is 27.7. The van der Waals surface area contributed by atoms with Gasteiger partial charge < -0.3 is 19.3 Å². The Kier molecular flexibility index (Phi) is 8.27. The van der Waals surface area contributed by atoms with Crippen LogP contribution in [0.3, 0.4) is 0 Å². The van der Waals surface area contributed by atoms with Crippen molar-refractivity contribution in [3.05, 3.63) is 45.6 Å². The fourth-order valence-electron chi connectivity index (χ4n) is 7.76. The number of thiophene rings is 1. The van der Waals surface area contributed by atoms with E-state index < -0.39 is 0 Å². The summed E-state index contributed by atoms with van der Waals surface area (Å²) >= 11 is 1.73. The Hall–Kier alpha value is -2.54. The summed E-state index contributed by atoms with van der Waals surface area (Å²) in [5.74, 6) is 3.73. The number of rotatable bonds is 11. The maximum atomic E-state index is 14.2. The summed E-state index contributed by atoms with van der Waals surface area (Å²) in [6.07, 6.45) is 7.67. The van der Waals surface area contributed by atoms with Gasteiger partial charge in [-0.15, -0.1) is 11.3 Å². The topological polar surface area (TPSA) is 59.1 Å². The van der Waals surface area contributed by atoms with Crippen molar-refractivity contribution in [1.29, 1.82) is 0 Å². The van der Waals surface area contributed by atoms with Gasteiger partial charge in [0.05, 0.1) is 26.2 Å². The van der Waals surface area contributed by atoms with Crippen molar-refractivity contribution >= 4 is 23.2 Å². The Bertz CT molecular complexity index is 1150. The lowest BCUT2D eigenvalue weighted by molar-refractivity contribution is -0.162. The number of nitrogens with zero attached hydrogens (tertiary/aromatic N) is 2. The highest BCUT2D eigenvalue weighted by Crippen LogP contribution is 2.60. The van der Waals surface area contributed by atoms with E-state index in [1.165, 1.54) is 24.1 Å². The molecule has 1 aromatic heterocycles. The molecule has 0 radical (unpaired) electrons. The molecule has 6 nitrogen and oxygen atoms in total. The van der Waals surface area contributed by atoms with E-state index >= 15 is 0 Å². The number of hydrogen-bond acceptors (Lipinski definition) is 5. The van der Waals surface area contributed by atoms with Crippen molar-refractivity contribution in [3.63, 3.8) is 0 Å². The lowest BCUT2D eigenvalue weighted by atomic mass is 9.49. The largest absolute Gasteiger partial charge is 0.493 e. The molecule has 6 rings (SSSR count). The predicted molar refractivity (Wildman–Crippen MR) is 155 cm³/mol. The molecule has 4 aliphatic rings. The van der Waals surface area contributed by atoms with E-state index in [9.17, 15) is 9.59 Å². The van der Waals surface area contributed by atoms with Gasteiger partial charge in [0.25, 0.3) is 0 Å². The van der Waals surface area contributed by atoms with Crippen LogP contribution in [0.4, 0.5) is 0 Å². The molecular formula is C32H44N2O4S. The zero-order valence-corrected chi connectivity index (χ0v) is 25.0. The third kappa shape index (κ3) is 5.98. The van der Waals surface area contributed by atoms with Crippen LogP contribution in [0.1, 0.15) is 67.7 Å². The predicted octanol–water partition coefficient (Wildman–Crippen LogP) is 6.10. The Labute approximate surface area is 237 Å². The van der Waals surface area contributed by atoms with E-state index in [1.807, 2.05) is 28.0 Å². The molecule has 0 aliphatic heterocycles. The van der Waals surface area contributed by atoms with Crippen molar-refractivity contribution in [1.82, 2.24) is 9.80 Å². The molecule has 0 N–H and O–H groups in total. The highest BCUT2D eigenvalue weighted by Gasteiger charge is 2.56. The summed E-state index contributed by atoms with van der Waals surface area (Å²) in [5.41, 5.74) is 0.840. The minimum atomic E-state index is -0.241. The molecule has 0 unspecified atom stereocenters. The Morgan fingerprint density at radius 3 is 2.15 bits per heavy atom. The lowest BCUT2D eigenvalue weighted by Gasteiger charge is -2.57. The quantitative estimate of drug-likeness (QED) is 0.338. The van der Waals surface area contributed by atoms with Crippen molar-refractivity contribution < 1.29 is 19.1 Å². The van der Waals surface area contributed by atoms with E-state index in [4.69, 9.17) is 9.47 Å². The van der Waals surface area contributed by atoms with Crippen molar-refractivity contribution in [2.45, 2.75) is 78.3 Å². The van der Waals surface area contributed by atoms with Crippen LogP contribution in [0.15, 0.2) is 30.3 Å². The Morgan fingerprint density at radius 2 is 1.62 bits per heavy atom. The first kappa shape index (κ1) is 28.0. The van der Waals surface area contributed by atoms with Gasteiger partial charge >= 0.3 is 0 Å². The van der Waals surface area contributed by atoms with Crippen LogP contribution in [0.5, 0.6) is 11.5 Å².